The second kappa shape index (κ2) is 37.2. The highest BCUT2D eigenvalue weighted by Crippen LogP contribution is 2.28. The molecule has 0 rings (SSSR count). The lowest BCUT2D eigenvalue weighted by Gasteiger charge is -2.21. The van der Waals surface area contributed by atoms with Crippen LogP contribution in [0, 0.1) is 11.8 Å². The molecule has 0 aromatic heterocycles. The fourth-order valence-corrected chi connectivity index (χ4v) is 7.18. The number of unbranched alkanes of at least 4 members (excludes halogenated alkanes) is 18. The summed E-state index contributed by atoms with van der Waals surface area (Å²) >= 11 is 0. The number of nitrogens with zero attached hydrogens (tertiary/aromatic N) is 1. The third-order valence-corrected chi connectivity index (χ3v) is 10.5. The molecule has 0 saturated heterocycles. The van der Waals surface area contributed by atoms with Gasteiger partial charge in [0, 0.05) is 13.1 Å². The lowest BCUT2D eigenvalue weighted by Crippen LogP contribution is -2.36. The first kappa shape index (κ1) is 45.4. The summed E-state index contributed by atoms with van der Waals surface area (Å²) in [7, 11) is 2.11. The highest BCUT2D eigenvalue weighted by atomic mass is 15.5. The molecule has 1 atom stereocenters. The zero-order chi connectivity index (χ0) is 33.8. The standard InChI is InChI=1S/C44H88N2/c1-7-11-15-28-36-43(35-14-10-4)37-29-24-20-18-19-21-25-32-40-46(45-6)41-33-26-22-23-27-34-42(5)44(38-30-16-12-8-2)39-31-17-13-9-3/h20,24,43-45H,5,7-19,21-23,25-41H2,1-4,6H3/b24-20-. The van der Waals surface area contributed by atoms with Crippen LogP contribution in [0.15, 0.2) is 24.3 Å². The Hall–Kier alpha value is -0.600. The number of hydrogen-bond donors (Lipinski definition) is 1. The van der Waals surface area contributed by atoms with Gasteiger partial charge in [0.05, 0.1) is 0 Å². The van der Waals surface area contributed by atoms with Crippen LogP contribution in [-0.4, -0.2) is 25.1 Å². The number of hydrogen-bond acceptors (Lipinski definition) is 2. The van der Waals surface area contributed by atoms with Gasteiger partial charge < -0.3 is 0 Å². The summed E-state index contributed by atoms with van der Waals surface area (Å²) in [5.41, 5.74) is 5.03. The number of rotatable bonds is 38. The minimum absolute atomic E-state index is 0.789. The third kappa shape index (κ3) is 30.7. The van der Waals surface area contributed by atoms with E-state index in [-0.39, 0.29) is 0 Å². The summed E-state index contributed by atoms with van der Waals surface area (Å²) in [6.45, 7) is 16.3. The predicted octanol–water partition coefficient (Wildman–Crippen LogP) is 14.9. The van der Waals surface area contributed by atoms with Crippen molar-refractivity contribution in [3.8, 4) is 0 Å². The molecule has 0 fully saturated rings. The van der Waals surface area contributed by atoms with Gasteiger partial charge >= 0.3 is 0 Å². The minimum atomic E-state index is 0.789. The summed E-state index contributed by atoms with van der Waals surface area (Å²) in [5.74, 6) is 1.76. The summed E-state index contributed by atoms with van der Waals surface area (Å²) in [4.78, 5) is 0. The maximum Gasteiger partial charge on any atom is 0.0130 e. The second-order valence-corrected chi connectivity index (χ2v) is 14.9. The van der Waals surface area contributed by atoms with Crippen LogP contribution in [0.1, 0.15) is 227 Å². The highest BCUT2D eigenvalue weighted by Gasteiger charge is 2.12. The lowest BCUT2D eigenvalue weighted by atomic mass is 9.86. The molecule has 0 amide bonds. The fraction of sp³-hybridized carbons (Fsp3) is 0.909. The predicted molar refractivity (Wildman–Crippen MR) is 212 cm³/mol. The first-order valence-corrected chi connectivity index (χ1v) is 21.4. The minimum Gasteiger partial charge on any atom is -0.258 e. The third-order valence-electron chi connectivity index (χ3n) is 10.5. The van der Waals surface area contributed by atoms with Gasteiger partial charge in [-0.05, 0) is 83.1 Å². The van der Waals surface area contributed by atoms with Crippen LogP contribution in [0.25, 0.3) is 0 Å². The van der Waals surface area contributed by atoms with Gasteiger partial charge in [-0.25, -0.2) is 5.01 Å². The summed E-state index contributed by atoms with van der Waals surface area (Å²) < 4.78 is 0. The quantitative estimate of drug-likeness (QED) is 0.0409. The van der Waals surface area contributed by atoms with E-state index in [2.05, 4.69) is 63.9 Å². The van der Waals surface area contributed by atoms with E-state index in [1.165, 1.54) is 212 Å². The normalized spacial score (nSPS) is 12.7. The zero-order valence-electron chi connectivity index (χ0n) is 32.8. The van der Waals surface area contributed by atoms with Crippen LogP contribution in [0.4, 0.5) is 0 Å². The Labute approximate surface area is 292 Å². The van der Waals surface area contributed by atoms with E-state index < -0.39 is 0 Å². The molecule has 0 bridgehead atoms. The molecular weight excluding hydrogens is 556 g/mol. The molecule has 0 heterocycles. The van der Waals surface area contributed by atoms with Crippen molar-refractivity contribution in [1.29, 1.82) is 0 Å². The van der Waals surface area contributed by atoms with E-state index in [4.69, 9.17) is 0 Å². The maximum atomic E-state index is 4.59. The van der Waals surface area contributed by atoms with Gasteiger partial charge in [-0.2, -0.15) is 0 Å². The van der Waals surface area contributed by atoms with Gasteiger partial charge in [-0.15, -0.1) is 0 Å². The van der Waals surface area contributed by atoms with E-state index >= 15 is 0 Å². The van der Waals surface area contributed by atoms with Crippen LogP contribution < -0.4 is 5.43 Å². The Morgan fingerprint density at radius 2 is 0.957 bits per heavy atom. The molecule has 0 aliphatic carbocycles. The average molecular weight is 645 g/mol. The number of nitrogens with one attached hydrogen (secondary N) is 1. The zero-order valence-corrected chi connectivity index (χ0v) is 32.8. The molecule has 2 nitrogen and oxygen atoms in total. The molecular formula is C44H88N2. The van der Waals surface area contributed by atoms with Crippen molar-refractivity contribution < 1.29 is 0 Å². The molecule has 0 aromatic carbocycles. The summed E-state index contributed by atoms with van der Waals surface area (Å²) in [5, 5.41) is 2.46. The highest BCUT2D eigenvalue weighted by molar-refractivity contribution is 5.00. The summed E-state index contributed by atoms with van der Waals surface area (Å²) in [6.07, 6.45) is 47.7. The molecule has 0 spiro atoms. The van der Waals surface area contributed by atoms with E-state index in [9.17, 15) is 0 Å². The Morgan fingerprint density at radius 3 is 1.52 bits per heavy atom. The van der Waals surface area contributed by atoms with Gasteiger partial charge in [0.2, 0.25) is 0 Å². The Kier molecular flexibility index (Phi) is 36.7. The molecule has 274 valence electrons. The molecule has 0 aliphatic rings. The van der Waals surface area contributed by atoms with Crippen molar-refractivity contribution in [2.24, 2.45) is 11.8 Å². The molecule has 0 radical (unpaired) electrons. The van der Waals surface area contributed by atoms with Crippen molar-refractivity contribution in [2.45, 2.75) is 227 Å². The van der Waals surface area contributed by atoms with Gasteiger partial charge in [0.15, 0.2) is 0 Å². The first-order chi connectivity index (χ1) is 22.6. The van der Waals surface area contributed by atoms with Gasteiger partial charge in [-0.1, -0.05) is 187 Å². The molecule has 0 aliphatic heterocycles. The van der Waals surface area contributed by atoms with E-state index in [0.717, 1.165) is 11.8 Å². The maximum absolute atomic E-state index is 4.59. The van der Waals surface area contributed by atoms with Crippen molar-refractivity contribution >= 4 is 0 Å². The Morgan fingerprint density at radius 1 is 0.500 bits per heavy atom. The topological polar surface area (TPSA) is 15.3 Å². The molecule has 1 N–H and O–H groups in total. The fourth-order valence-electron chi connectivity index (χ4n) is 7.18. The van der Waals surface area contributed by atoms with Crippen LogP contribution in [0.5, 0.6) is 0 Å². The second-order valence-electron chi connectivity index (χ2n) is 14.9. The van der Waals surface area contributed by atoms with Crippen LogP contribution in [0.3, 0.4) is 0 Å². The van der Waals surface area contributed by atoms with Crippen LogP contribution in [-0.2, 0) is 0 Å². The van der Waals surface area contributed by atoms with Gasteiger partial charge in [-0.3, -0.25) is 5.43 Å². The molecule has 1 unspecified atom stereocenters. The average Bonchev–Trinajstić information content (AvgIpc) is 3.07. The smallest absolute Gasteiger partial charge is 0.0130 e. The molecule has 46 heavy (non-hydrogen) atoms. The summed E-state index contributed by atoms with van der Waals surface area (Å²) in [6, 6.07) is 0. The van der Waals surface area contributed by atoms with Crippen molar-refractivity contribution in [3.63, 3.8) is 0 Å². The van der Waals surface area contributed by atoms with Crippen molar-refractivity contribution in [3.05, 3.63) is 24.3 Å². The Balaban J connectivity index is 3.90. The molecule has 0 aromatic rings. The van der Waals surface area contributed by atoms with Gasteiger partial charge in [0.25, 0.3) is 0 Å². The SMILES string of the molecule is C=C(CCCCCCCN(CCCCCC/C=C\CCC(CCCC)CCCCCC)NC)C(CCCCCC)CCCCCC. The number of allylic oxidation sites excluding steroid dienone is 3. The lowest BCUT2D eigenvalue weighted by molar-refractivity contribution is 0.198. The molecule has 0 saturated carbocycles. The van der Waals surface area contributed by atoms with Crippen LogP contribution in [0.2, 0.25) is 0 Å². The Bertz CT molecular complexity index is 613. The first-order valence-electron chi connectivity index (χ1n) is 21.4. The number of hydrazine groups is 1. The monoisotopic (exact) mass is 645 g/mol. The van der Waals surface area contributed by atoms with E-state index in [0.29, 0.717) is 0 Å². The van der Waals surface area contributed by atoms with Gasteiger partial charge in [0.1, 0.15) is 0 Å². The van der Waals surface area contributed by atoms with Crippen molar-refractivity contribution in [2.75, 3.05) is 20.1 Å². The van der Waals surface area contributed by atoms with Crippen LogP contribution >= 0.6 is 0 Å². The van der Waals surface area contributed by atoms with E-state index in [1.54, 1.807) is 5.57 Å². The van der Waals surface area contributed by atoms with E-state index in [1.807, 2.05) is 0 Å². The molecule has 2 heteroatoms. The van der Waals surface area contributed by atoms with Crippen molar-refractivity contribution in [1.82, 2.24) is 10.4 Å². The largest absolute Gasteiger partial charge is 0.258 e.